The Morgan fingerprint density at radius 3 is 2.90 bits per heavy atom. The molecule has 0 radical (unpaired) electrons. The summed E-state index contributed by atoms with van der Waals surface area (Å²) in [6.07, 6.45) is 3.82. The van der Waals surface area contributed by atoms with Gasteiger partial charge in [0.25, 0.3) is 0 Å². The average Bonchev–Trinajstić information content (AvgIpc) is 2.76. The minimum atomic E-state index is 0. The third kappa shape index (κ3) is 2.85. The van der Waals surface area contributed by atoms with Gasteiger partial charge in [-0.1, -0.05) is 24.6 Å². The van der Waals surface area contributed by atoms with E-state index in [1.54, 1.807) is 0 Å². The van der Waals surface area contributed by atoms with Gasteiger partial charge in [-0.05, 0) is 32.4 Å². The molecular weight excluding hydrogens is 272 g/mol. The van der Waals surface area contributed by atoms with E-state index in [4.69, 9.17) is 10.2 Å². The molecule has 1 atom stereocenters. The smallest absolute Gasteiger partial charge is 0.134 e. The summed E-state index contributed by atoms with van der Waals surface area (Å²) in [4.78, 5) is 2.52. The molecule has 1 unspecified atom stereocenters. The average molecular weight is 295 g/mol. The molecule has 1 aromatic heterocycles. The van der Waals surface area contributed by atoms with E-state index in [1.165, 1.54) is 30.2 Å². The Hall–Kier alpha value is -1.03. The summed E-state index contributed by atoms with van der Waals surface area (Å²) in [6.45, 7) is 4.94. The minimum absolute atomic E-state index is 0. The molecule has 0 saturated carbocycles. The second-order valence-corrected chi connectivity index (χ2v) is 5.49. The number of aryl methyl sites for hydroxylation is 1. The van der Waals surface area contributed by atoms with Gasteiger partial charge in [-0.2, -0.15) is 0 Å². The summed E-state index contributed by atoms with van der Waals surface area (Å²) in [5.74, 6) is 1.04. The first-order valence-electron chi connectivity index (χ1n) is 7.20. The lowest BCUT2D eigenvalue weighted by atomic mass is 10.0. The van der Waals surface area contributed by atoms with Gasteiger partial charge < -0.3 is 10.2 Å². The van der Waals surface area contributed by atoms with Crippen molar-refractivity contribution in [2.24, 2.45) is 5.73 Å². The number of benzene rings is 1. The molecule has 1 fully saturated rings. The second-order valence-electron chi connectivity index (χ2n) is 5.49. The molecule has 2 aromatic rings. The zero-order valence-corrected chi connectivity index (χ0v) is 12.8. The number of piperidine rings is 1. The van der Waals surface area contributed by atoms with Gasteiger partial charge in [0.2, 0.25) is 0 Å². The number of hydrogen-bond donors (Lipinski definition) is 1. The summed E-state index contributed by atoms with van der Waals surface area (Å²) in [6, 6.07) is 8.84. The van der Waals surface area contributed by atoms with Crippen LogP contribution in [0.2, 0.25) is 0 Å². The topological polar surface area (TPSA) is 42.4 Å². The van der Waals surface area contributed by atoms with Crippen LogP contribution in [0.5, 0.6) is 0 Å². The van der Waals surface area contributed by atoms with Crippen LogP contribution in [0.4, 0.5) is 0 Å². The van der Waals surface area contributed by atoms with Crippen LogP contribution in [-0.2, 0) is 6.54 Å². The fourth-order valence-electron chi connectivity index (χ4n) is 3.16. The van der Waals surface area contributed by atoms with Gasteiger partial charge in [0.1, 0.15) is 11.3 Å². The molecule has 0 spiro atoms. The van der Waals surface area contributed by atoms with Crippen LogP contribution < -0.4 is 5.73 Å². The van der Waals surface area contributed by atoms with Gasteiger partial charge in [-0.25, -0.2) is 0 Å². The van der Waals surface area contributed by atoms with Crippen molar-refractivity contribution in [3.8, 4) is 0 Å². The molecule has 1 aliphatic rings. The Morgan fingerprint density at radius 1 is 1.30 bits per heavy atom. The summed E-state index contributed by atoms with van der Waals surface area (Å²) >= 11 is 0. The number of rotatable bonds is 3. The standard InChI is InChI=1S/C16H22N2O.ClH/c1-12-15(14-7-2-3-8-16(14)19-12)11-18-9-5-4-6-13(18)10-17;/h2-3,7-8,13H,4-6,9-11,17H2,1H3;1H. The number of halogens is 1. The van der Waals surface area contributed by atoms with Gasteiger partial charge in [0, 0.05) is 30.1 Å². The largest absolute Gasteiger partial charge is 0.461 e. The normalized spacial score (nSPS) is 20.0. The van der Waals surface area contributed by atoms with E-state index in [1.807, 2.05) is 12.1 Å². The molecule has 1 aromatic carbocycles. The number of hydrogen-bond acceptors (Lipinski definition) is 3. The van der Waals surface area contributed by atoms with E-state index in [9.17, 15) is 0 Å². The van der Waals surface area contributed by atoms with Crippen LogP contribution in [0.1, 0.15) is 30.6 Å². The maximum absolute atomic E-state index is 5.91. The van der Waals surface area contributed by atoms with Gasteiger partial charge in [-0.15, -0.1) is 12.4 Å². The maximum Gasteiger partial charge on any atom is 0.134 e. The molecule has 20 heavy (non-hydrogen) atoms. The monoisotopic (exact) mass is 294 g/mol. The summed E-state index contributed by atoms with van der Waals surface area (Å²) in [7, 11) is 0. The van der Waals surface area contributed by atoms with Gasteiger partial charge >= 0.3 is 0 Å². The Morgan fingerprint density at radius 2 is 2.10 bits per heavy atom. The maximum atomic E-state index is 5.91. The summed E-state index contributed by atoms with van der Waals surface area (Å²) < 4.78 is 5.85. The van der Waals surface area contributed by atoms with E-state index in [2.05, 4.69) is 24.0 Å². The molecule has 1 aliphatic heterocycles. The predicted octanol–water partition coefficient (Wildman–Crippen LogP) is 3.48. The lowest BCUT2D eigenvalue weighted by molar-refractivity contribution is 0.144. The molecule has 110 valence electrons. The molecule has 3 rings (SSSR count). The van der Waals surface area contributed by atoms with E-state index in [-0.39, 0.29) is 12.4 Å². The van der Waals surface area contributed by atoms with E-state index in [0.29, 0.717) is 6.04 Å². The molecule has 0 bridgehead atoms. The number of nitrogens with two attached hydrogens (primary N) is 1. The lowest BCUT2D eigenvalue weighted by Crippen LogP contribution is -2.43. The Bertz CT molecular complexity index is 567. The predicted molar refractivity (Wildman–Crippen MR) is 85.3 cm³/mol. The number of nitrogens with zero attached hydrogens (tertiary/aromatic N) is 1. The van der Waals surface area contributed by atoms with E-state index < -0.39 is 0 Å². The van der Waals surface area contributed by atoms with Crippen molar-refractivity contribution in [1.82, 2.24) is 4.90 Å². The highest BCUT2D eigenvalue weighted by Gasteiger charge is 2.23. The second kappa shape index (κ2) is 6.61. The first-order chi connectivity index (χ1) is 9.29. The number of para-hydroxylation sites is 1. The third-order valence-corrected chi connectivity index (χ3v) is 4.28. The number of fused-ring (bicyclic) bond motifs is 1. The third-order valence-electron chi connectivity index (χ3n) is 4.28. The van der Waals surface area contributed by atoms with Crippen molar-refractivity contribution in [3.05, 3.63) is 35.6 Å². The molecular formula is C16H23ClN2O. The summed E-state index contributed by atoms with van der Waals surface area (Å²) in [5.41, 5.74) is 8.23. The lowest BCUT2D eigenvalue weighted by Gasteiger charge is -2.34. The highest BCUT2D eigenvalue weighted by Crippen LogP contribution is 2.28. The highest BCUT2D eigenvalue weighted by atomic mass is 35.5. The zero-order chi connectivity index (χ0) is 13.2. The van der Waals surface area contributed by atoms with Crippen LogP contribution in [-0.4, -0.2) is 24.0 Å². The van der Waals surface area contributed by atoms with Crippen molar-refractivity contribution < 1.29 is 4.42 Å². The van der Waals surface area contributed by atoms with Crippen LogP contribution in [0.15, 0.2) is 28.7 Å². The van der Waals surface area contributed by atoms with E-state index >= 15 is 0 Å². The van der Waals surface area contributed by atoms with Crippen molar-refractivity contribution in [2.75, 3.05) is 13.1 Å². The van der Waals surface area contributed by atoms with Crippen molar-refractivity contribution in [1.29, 1.82) is 0 Å². The van der Waals surface area contributed by atoms with Crippen LogP contribution >= 0.6 is 12.4 Å². The highest BCUT2D eigenvalue weighted by molar-refractivity contribution is 5.85. The minimum Gasteiger partial charge on any atom is -0.461 e. The van der Waals surface area contributed by atoms with Crippen molar-refractivity contribution in [2.45, 2.75) is 38.8 Å². The first kappa shape index (κ1) is 15.4. The van der Waals surface area contributed by atoms with Crippen molar-refractivity contribution in [3.63, 3.8) is 0 Å². The van der Waals surface area contributed by atoms with Crippen LogP contribution in [0.25, 0.3) is 11.0 Å². The quantitative estimate of drug-likeness (QED) is 0.942. The Labute approximate surface area is 126 Å². The van der Waals surface area contributed by atoms with Gasteiger partial charge in [0.05, 0.1) is 0 Å². The molecule has 3 nitrogen and oxygen atoms in total. The molecule has 0 aliphatic carbocycles. The molecule has 0 amide bonds. The number of likely N-dealkylation sites (tertiary alicyclic amines) is 1. The van der Waals surface area contributed by atoms with Crippen LogP contribution in [0, 0.1) is 6.92 Å². The molecule has 2 heterocycles. The number of furan rings is 1. The first-order valence-corrected chi connectivity index (χ1v) is 7.20. The Balaban J connectivity index is 0.00000147. The van der Waals surface area contributed by atoms with Crippen molar-refractivity contribution >= 4 is 23.4 Å². The fourth-order valence-corrected chi connectivity index (χ4v) is 3.16. The SMILES string of the molecule is Cc1oc2ccccc2c1CN1CCCCC1CN.Cl. The summed E-state index contributed by atoms with van der Waals surface area (Å²) in [5, 5.41) is 1.25. The molecule has 1 saturated heterocycles. The van der Waals surface area contributed by atoms with Crippen LogP contribution in [0.3, 0.4) is 0 Å². The molecule has 2 N–H and O–H groups in total. The molecule has 4 heteroatoms. The van der Waals surface area contributed by atoms with E-state index in [0.717, 1.165) is 31.0 Å². The Kier molecular flexibility index (Phi) is 5.08. The fraction of sp³-hybridized carbons (Fsp3) is 0.500. The van der Waals surface area contributed by atoms with Gasteiger partial charge in [0.15, 0.2) is 0 Å². The van der Waals surface area contributed by atoms with Gasteiger partial charge in [-0.3, -0.25) is 4.90 Å². The zero-order valence-electron chi connectivity index (χ0n) is 12.0.